The minimum atomic E-state index is -3.45. The fourth-order valence-electron chi connectivity index (χ4n) is 2.72. The summed E-state index contributed by atoms with van der Waals surface area (Å²) in [5, 5.41) is 3.32. The molecule has 1 aliphatic heterocycles. The zero-order valence-corrected chi connectivity index (χ0v) is 15.5. The molecular formula is C16H28ClN3O2S. The minimum Gasteiger partial charge on any atom is -0.317 e. The lowest BCUT2D eigenvalue weighted by Crippen LogP contribution is -2.47. The van der Waals surface area contributed by atoms with Crippen LogP contribution in [-0.4, -0.2) is 38.9 Å². The molecule has 7 heteroatoms. The van der Waals surface area contributed by atoms with E-state index in [0.29, 0.717) is 19.6 Å². The Hall–Kier alpha value is -0.660. The molecule has 0 amide bonds. The van der Waals surface area contributed by atoms with Gasteiger partial charge in [-0.05, 0) is 36.9 Å². The Labute approximate surface area is 146 Å². The third-order valence-electron chi connectivity index (χ3n) is 4.39. The number of piperidine rings is 1. The van der Waals surface area contributed by atoms with Gasteiger partial charge in [-0.25, -0.2) is 4.72 Å². The van der Waals surface area contributed by atoms with Crippen molar-refractivity contribution in [3.63, 3.8) is 0 Å². The van der Waals surface area contributed by atoms with Gasteiger partial charge in [-0.1, -0.05) is 44.2 Å². The van der Waals surface area contributed by atoms with Crippen LogP contribution in [0.2, 0.25) is 0 Å². The van der Waals surface area contributed by atoms with Crippen molar-refractivity contribution in [2.45, 2.75) is 33.2 Å². The molecule has 132 valence electrons. The molecule has 0 atom stereocenters. The Morgan fingerprint density at radius 3 is 2.39 bits per heavy atom. The summed E-state index contributed by atoms with van der Waals surface area (Å²) in [6.07, 6.45) is 2.00. The number of benzene rings is 1. The fourth-order valence-corrected chi connectivity index (χ4v) is 4.09. The van der Waals surface area contributed by atoms with Crippen LogP contribution in [0.25, 0.3) is 0 Å². The summed E-state index contributed by atoms with van der Waals surface area (Å²) in [6.45, 7) is 7.31. The van der Waals surface area contributed by atoms with Crippen LogP contribution in [0.1, 0.15) is 32.3 Å². The maximum atomic E-state index is 12.6. The zero-order valence-electron chi connectivity index (χ0n) is 13.9. The van der Waals surface area contributed by atoms with E-state index in [1.165, 1.54) is 4.31 Å². The molecule has 0 radical (unpaired) electrons. The summed E-state index contributed by atoms with van der Waals surface area (Å²) in [7, 11) is -3.45. The summed E-state index contributed by atoms with van der Waals surface area (Å²) < 4.78 is 29.4. The van der Waals surface area contributed by atoms with Crippen molar-refractivity contribution in [1.29, 1.82) is 0 Å². The molecule has 1 aromatic rings. The number of rotatable bonds is 7. The van der Waals surface area contributed by atoms with Crippen LogP contribution < -0.4 is 10.0 Å². The van der Waals surface area contributed by atoms with Crippen molar-refractivity contribution in [3.8, 4) is 0 Å². The van der Waals surface area contributed by atoms with E-state index in [9.17, 15) is 8.42 Å². The molecule has 23 heavy (non-hydrogen) atoms. The number of nitrogens with one attached hydrogen (secondary N) is 2. The molecule has 2 N–H and O–H groups in total. The van der Waals surface area contributed by atoms with E-state index in [4.69, 9.17) is 0 Å². The Morgan fingerprint density at radius 1 is 1.22 bits per heavy atom. The maximum Gasteiger partial charge on any atom is 0.279 e. The highest BCUT2D eigenvalue weighted by Crippen LogP contribution is 2.27. The lowest BCUT2D eigenvalue weighted by Gasteiger charge is -2.34. The Bertz CT molecular complexity index is 560. The van der Waals surface area contributed by atoms with E-state index in [1.54, 1.807) is 0 Å². The first-order chi connectivity index (χ1) is 10.5. The molecule has 0 saturated carbocycles. The van der Waals surface area contributed by atoms with Gasteiger partial charge < -0.3 is 5.32 Å². The third kappa shape index (κ3) is 6.04. The number of halogens is 1. The van der Waals surface area contributed by atoms with Crippen molar-refractivity contribution < 1.29 is 8.42 Å². The summed E-state index contributed by atoms with van der Waals surface area (Å²) >= 11 is 0. The molecule has 0 aliphatic carbocycles. The summed E-state index contributed by atoms with van der Waals surface area (Å²) in [5.74, 6) is 0. The normalized spacial score (nSPS) is 17.7. The van der Waals surface area contributed by atoms with E-state index in [-0.39, 0.29) is 17.8 Å². The third-order valence-corrected chi connectivity index (χ3v) is 5.96. The Balaban J connectivity index is 0.00000264. The Kier molecular flexibility index (Phi) is 7.97. The van der Waals surface area contributed by atoms with Crippen LogP contribution in [0.4, 0.5) is 0 Å². The van der Waals surface area contributed by atoms with Gasteiger partial charge in [-0.3, -0.25) is 0 Å². The molecule has 1 fully saturated rings. The van der Waals surface area contributed by atoms with Gasteiger partial charge in [0.25, 0.3) is 10.2 Å². The second kappa shape index (κ2) is 8.99. The Morgan fingerprint density at radius 2 is 1.83 bits per heavy atom. The van der Waals surface area contributed by atoms with Crippen LogP contribution in [0.15, 0.2) is 30.3 Å². The summed E-state index contributed by atoms with van der Waals surface area (Å²) in [5.41, 5.74) is 1.05. The van der Waals surface area contributed by atoms with Crippen LogP contribution in [0.3, 0.4) is 0 Å². The minimum absolute atomic E-state index is 0. The van der Waals surface area contributed by atoms with Gasteiger partial charge in [0, 0.05) is 19.6 Å². The highest BCUT2D eigenvalue weighted by molar-refractivity contribution is 7.87. The van der Waals surface area contributed by atoms with Gasteiger partial charge in [-0.15, -0.1) is 12.4 Å². The van der Waals surface area contributed by atoms with Crippen LogP contribution in [0, 0.1) is 5.41 Å². The second-order valence-electron chi connectivity index (χ2n) is 6.30. The quantitative estimate of drug-likeness (QED) is 0.782. The van der Waals surface area contributed by atoms with E-state index in [1.807, 2.05) is 37.3 Å². The number of nitrogens with zero attached hydrogens (tertiary/aromatic N) is 1. The van der Waals surface area contributed by atoms with E-state index in [0.717, 1.165) is 31.5 Å². The van der Waals surface area contributed by atoms with Crippen molar-refractivity contribution in [2.75, 3.05) is 26.2 Å². The summed E-state index contributed by atoms with van der Waals surface area (Å²) in [6, 6.07) is 9.70. The van der Waals surface area contributed by atoms with Gasteiger partial charge in [0.05, 0.1) is 0 Å². The van der Waals surface area contributed by atoms with Crippen molar-refractivity contribution in [2.24, 2.45) is 5.41 Å². The smallest absolute Gasteiger partial charge is 0.279 e. The SMILES string of the molecule is CCN(Cc1ccccc1)S(=O)(=O)NCC1(C)CCNCC1.Cl. The zero-order chi connectivity index (χ0) is 16.1. The number of hydrogen-bond donors (Lipinski definition) is 2. The molecule has 5 nitrogen and oxygen atoms in total. The lowest BCUT2D eigenvalue weighted by atomic mass is 9.81. The van der Waals surface area contributed by atoms with Crippen molar-refractivity contribution in [3.05, 3.63) is 35.9 Å². The predicted octanol–water partition coefficient (Wildman–Crippen LogP) is 2.15. The lowest BCUT2D eigenvalue weighted by molar-refractivity contribution is 0.230. The molecule has 1 aliphatic rings. The summed E-state index contributed by atoms with van der Waals surface area (Å²) in [4.78, 5) is 0. The largest absolute Gasteiger partial charge is 0.317 e. The van der Waals surface area contributed by atoms with Gasteiger partial charge in [0.15, 0.2) is 0 Å². The first-order valence-corrected chi connectivity index (χ1v) is 9.39. The van der Waals surface area contributed by atoms with Gasteiger partial charge >= 0.3 is 0 Å². The van der Waals surface area contributed by atoms with E-state index < -0.39 is 10.2 Å². The van der Waals surface area contributed by atoms with Crippen molar-refractivity contribution >= 4 is 22.6 Å². The maximum absolute atomic E-state index is 12.6. The molecule has 1 heterocycles. The predicted molar refractivity (Wildman–Crippen MR) is 96.9 cm³/mol. The number of hydrogen-bond acceptors (Lipinski definition) is 3. The molecule has 0 bridgehead atoms. The molecule has 0 aromatic heterocycles. The fraction of sp³-hybridized carbons (Fsp3) is 0.625. The molecule has 0 spiro atoms. The average Bonchev–Trinajstić information content (AvgIpc) is 2.52. The molecule has 1 aromatic carbocycles. The molecular weight excluding hydrogens is 334 g/mol. The van der Waals surface area contributed by atoms with Crippen LogP contribution in [0.5, 0.6) is 0 Å². The van der Waals surface area contributed by atoms with E-state index >= 15 is 0 Å². The molecule has 2 rings (SSSR count). The van der Waals surface area contributed by atoms with Gasteiger partial charge in [0.1, 0.15) is 0 Å². The highest BCUT2D eigenvalue weighted by atomic mass is 35.5. The average molecular weight is 362 g/mol. The van der Waals surface area contributed by atoms with Crippen LogP contribution in [-0.2, 0) is 16.8 Å². The van der Waals surface area contributed by atoms with Crippen LogP contribution >= 0.6 is 12.4 Å². The standard InChI is InChI=1S/C16H27N3O2S.ClH/c1-3-19(13-15-7-5-4-6-8-15)22(20,21)18-14-16(2)9-11-17-12-10-16;/h4-8,17-18H,3,9-14H2,1-2H3;1H. The van der Waals surface area contributed by atoms with Crippen molar-refractivity contribution in [1.82, 2.24) is 14.3 Å². The topological polar surface area (TPSA) is 61.4 Å². The second-order valence-corrected chi connectivity index (χ2v) is 8.05. The highest BCUT2D eigenvalue weighted by Gasteiger charge is 2.30. The molecule has 0 unspecified atom stereocenters. The van der Waals surface area contributed by atoms with Gasteiger partial charge in [-0.2, -0.15) is 12.7 Å². The van der Waals surface area contributed by atoms with E-state index in [2.05, 4.69) is 17.0 Å². The first kappa shape index (κ1) is 20.4. The molecule has 1 saturated heterocycles. The van der Waals surface area contributed by atoms with Gasteiger partial charge in [0.2, 0.25) is 0 Å². The monoisotopic (exact) mass is 361 g/mol. The first-order valence-electron chi connectivity index (χ1n) is 7.95.